The van der Waals surface area contributed by atoms with E-state index in [0.717, 1.165) is 17.8 Å². The van der Waals surface area contributed by atoms with Crippen molar-refractivity contribution in [2.75, 3.05) is 0 Å². The highest BCUT2D eigenvalue weighted by atomic mass is 35.7. The van der Waals surface area contributed by atoms with Gasteiger partial charge in [0.1, 0.15) is 0 Å². The quantitative estimate of drug-likeness (QED) is 0.532. The molecule has 0 heterocycles. The van der Waals surface area contributed by atoms with Gasteiger partial charge in [0.2, 0.25) is 0 Å². The van der Waals surface area contributed by atoms with Gasteiger partial charge in [0.15, 0.2) is 0 Å². The Morgan fingerprint density at radius 1 is 0.870 bits per heavy atom. The molecule has 2 fully saturated rings. The molecule has 0 unspecified atom stereocenters. The van der Waals surface area contributed by atoms with Crippen LogP contribution in [0.15, 0.2) is 17.0 Å². The van der Waals surface area contributed by atoms with Crippen molar-refractivity contribution in [3.05, 3.63) is 28.8 Å². The minimum atomic E-state index is 0.478. The summed E-state index contributed by atoms with van der Waals surface area (Å²) in [6.07, 6.45) is 10.8. The molecule has 0 atom stereocenters. The van der Waals surface area contributed by atoms with Crippen LogP contribution in [0.5, 0.6) is 0 Å². The summed E-state index contributed by atoms with van der Waals surface area (Å²) in [7, 11) is 13.4. The van der Waals surface area contributed by atoms with E-state index in [9.17, 15) is 0 Å². The fraction of sp³-hybridized carbons (Fsp3) is 0.700. The van der Waals surface area contributed by atoms with E-state index in [2.05, 4.69) is 26.0 Å². The molecule has 0 amide bonds. The zero-order valence-electron chi connectivity index (χ0n) is 14.5. The molecule has 2 aliphatic rings. The van der Waals surface area contributed by atoms with Crippen LogP contribution < -0.4 is 0 Å². The first kappa shape index (κ1) is 17.7. The molecule has 3 rings (SSSR count). The fourth-order valence-corrected chi connectivity index (χ4v) is 5.75. The first-order valence-electron chi connectivity index (χ1n) is 9.24. The van der Waals surface area contributed by atoms with Crippen molar-refractivity contribution in [3.8, 4) is 0 Å². The third-order valence-corrected chi connectivity index (χ3v) is 7.66. The van der Waals surface area contributed by atoms with Crippen molar-refractivity contribution in [3.63, 3.8) is 0 Å². The summed E-state index contributed by atoms with van der Waals surface area (Å²) >= 11 is 0. The smallest absolute Gasteiger partial charge is 0.0699 e. The summed E-state index contributed by atoms with van der Waals surface area (Å²) < 4.78 is 0. The van der Waals surface area contributed by atoms with Crippen LogP contribution in [0.25, 0.3) is 0 Å². The molecule has 0 spiro atoms. The van der Waals surface area contributed by atoms with Gasteiger partial charge in [-0.15, -0.1) is 0 Å². The Labute approximate surface area is 152 Å². The lowest BCUT2D eigenvalue weighted by atomic mass is 9.65. The molecular weight excluding hydrogens is 319 g/mol. The summed E-state index contributed by atoms with van der Waals surface area (Å²) in [6, 6.07) is 4.54. The maximum Gasteiger partial charge on any atom is 0.0699 e. The minimum Gasteiger partial charge on any atom is -0.0774 e. The minimum absolute atomic E-state index is 0.478. The van der Waals surface area contributed by atoms with Crippen LogP contribution in [0.3, 0.4) is 0 Å². The third-order valence-electron chi connectivity index (χ3n) is 6.56. The highest BCUT2D eigenvalue weighted by Crippen LogP contribution is 2.45. The Hall–Kier alpha value is -0.0751. The SMILES string of the molecule is [B]C1CCC(C2CCC(c3ccc(SCl)c(C)c3C)CC2)CC1. The molecule has 0 bridgehead atoms. The van der Waals surface area contributed by atoms with Gasteiger partial charge in [-0.1, -0.05) is 37.6 Å². The molecule has 0 N–H and O–H groups in total. The van der Waals surface area contributed by atoms with Crippen LogP contribution in [0.2, 0.25) is 5.82 Å². The molecule has 1 aromatic carbocycles. The predicted molar refractivity (Wildman–Crippen MR) is 104 cm³/mol. The lowest BCUT2D eigenvalue weighted by Crippen LogP contribution is -2.24. The van der Waals surface area contributed by atoms with Gasteiger partial charge in [-0.25, -0.2) is 0 Å². The Bertz CT molecular complexity index is 529. The largest absolute Gasteiger partial charge is 0.0774 e. The van der Waals surface area contributed by atoms with Crippen LogP contribution in [0.4, 0.5) is 0 Å². The maximum absolute atomic E-state index is 6.07. The molecule has 0 nitrogen and oxygen atoms in total. The van der Waals surface area contributed by atoms with Crippen LogP contribution in [-0.4, -0.2) is 7.85 Å². The van der Waals surface area contributed by atoms with Gasteiger partial charge < -0.3 is 0 Å². The topological polar surface area (TPSA) is 0 Å². The van der Waals surface area contributed by atoms with E-state index in [1.165, 1.54) is 78.4 Å². The second kappa shape index (κ2) is 7.87. The van der Waals surface area contributed by atoms with E-state index in [1.807, 2.05) is 0 Å². The van der Waals surface area contributed by atoms with E-state index in [1.54, 1.807) is 5.56 Å². The van der Waals surface area contributed by atoms with Gasteiger partial charge in [-0.05, 0) is 102 Å². The Morgan fingerprint density at radius 3 is 2.00 bits per heavy atom. The van der Waals surface area contributed by atoms with Gasteiger partial charge in [0.25, 0.3) is 0 Å². The van der Waals surface area contributed by atoms with E-state index < -0.39 is 0 Å². The predicted octanol–water partition coefficient (Wildman–Crippen LogP) is 6.97. The van der Waals surface area contributed by atoms with Gasteiger partial charge in [0, 0.05) is 4.90 Å². The van der Waals surface area contributed by atoms with E-state index >= 15 is 0 Å². The first-order chi connectivity index (χ1) is 11.1. The summed E-state index contributed by atoms with van der Waals surface area (Å²) in [5, 5.41) is 0. The van der Waals surface area contributed by atoms with Gasteiger partial charge in [-0.2, -0.15) is 0 Å². The number of halogens is 1. The standard InChI is InChI=1S/C20H28BClS/c1-13-14(2)20(23-22)12-11-19(13)17-5-3-15(4-6-17)16-7-9-18(21)10-8-16/h11-12,15-18H,3-10H2,1-2H3. The molecule has 0 aromatic heterocycles. The normalized spacial score (nSPS) is 32.0. The average Bonchev–Trinajstić information content (AvgIpc) is 2.58. The lowest BCUT2D eigenvalue weighted by molar-refractivity contribution is 0.186. The Morgan fingerprint density at radius 2 is 1.43 bits per heavy atom. The number of benzene rings is 1. The highest BCUT2D eigenvalue weighted by Gasteiger charge is 2.30. The molecule has 124 valence electrons. The van der Waals surface area contributed by atoms with Crippen molar-refractivity contribution in [1.82, 2.24) is 0 Å². The van der Waals surface area contributed by atoms with Crippen molar-refractivity contribution >= 4 is 29.5 Å². The Kier molecular flexibility index (Phi) is 6.07. The number of hydrogen-bond donors (Lipinski definition) is 0. The molecular formula is C20H28BClS. The van der Waals surface area contributed by atoms with Crippen LogP contribution in [0, 0.1) is 25.7 Å². The summed E-state index contributed by atoms with van der Waals surface area (Å²) in [5.41, 5.74) is 4.40. The van der Waals surface area contributed by atoms with Crippen LogP contribution in [-0.2, 0) is 0 Å². The molecule has 0 aliphatic heterocycles. The molecule has 2 saturated carbocycles. The Balaban J connectivity index is 1.62. The molecule has 2 radical (unpaired) electrons. The highest BCUT2D eigenvalue weighted by molar-refractivity contribution is 8.21. The van der Waals surface area contributed by atoms with Gasteiger partial charge in [0.05, 0.1) is 7.85 Å². The zero-order valence-corrected chi connectivity index (χ0v) is 16.1. The third kappa shape index (κ3) is 3.95. The van der Waals surface area contributed by atoms with Crippen molar-refractivity contribution in [2.45, 2.75) is 81.8 Å². The zero-order chi connectivity index (χ0) is 16.4. The van der Waals surface area contributed by atoms with E-state index in [-0.39, 0.29) is 0 Å². The molecule has 23 heavy (non-hydrogen) atoms. The molecule has 3 heteroatoms. The summed E-state index contributed by atoms with van der Waals surface area (Å²) in [4.78, 5) is 1.21. The van der Waals surface area contributed by atoms with Crippen molar-refractivity contribution in [2.24, 2.45) is 11.8 Å². The van der Waals surface area contributed by atoms with Crippen molar-refractivity contribution in [1.29, 1.82) is 0 Å². The first-order valence-corrected chi connectivity index (χ1v) is 10.9. The lowest BCUT2D eigenvalue weighted by Gasteiger charge is -2.38. The fourth-order valence-electron chi connectivity index (χ4n) is 4.86. The molecule has 2 aliphatic carbocycles. The monoisotopic (exact) mass is 346 g/mol. The van der Waals surface area contributed by atoms with E-state index in [0.29, 0.717) is 5.82 Å². The van der Waals surface area contributed by atoms with Crippen LogP contribution in [0.1, 0.15) is 74.0 Å². The van der Waals surface area contributed by atoms with Gasteiger partial charge >= 0.3 is 0 Å². The second-order valence-electron chi connectivity index (χ2n) is 7.77. The molecule has 0 saturated heterocycles. The summed E-state index contributed by atoms with van der Waals surface area (Å²) in [6.45, 7) is 4.48. The number of hydrogen-bond acceptors (Lipinski definition) is 1. The van der Waals surface area contributed by atoms with Crippen molar-refractivity contribution < 1.29 is 0 Å². The van der Waals surface area contributed by atoms with Crippen LogP contribution >= 0.6 is 21.7 Å². The summed E-state index contributed by atoms with van der Waals surface area (Å²) in [5.74, 6) is 3.14. The number of rotatable bonds is 3. The van der Waals surface area contributed by atoms with Gasteiger partial charge in [-0.3, -0.25) is 0 Å². The molecule has 1 aromatic rings. The maximum atomic E-state index is 6.07. The van der Waals surface area contributed by atoms with E-state index in [4.69, 9.17) is 18.5 Å². The average molecular weight is 347 g/mol. The second-order valence-corrected chi connectivity index (χ2v) is 8.82.